The van der Waals surface area contributed by atoms with Gasteiger partial charge in [-0.25, -0.2) is 0 Å². The number of rotatable bonds is 7. The highest BCUT2D eigenvalue weighted by Crippen LogP contribution is 2.40. The third kappa shape index (κ3) is 5.15. The predicted molar refractivity (Wildman–Crippen MR) is 130 cm³/mol. The highest BCUT2D eigenvalue weighted by molar-refractivity contribution is 6.35. The first-order chi connectivity index (χ1) is 16.1. The summed E-state index contributed by atoms with van der Waals surface area (Å²) in [6.07, 6.45) is 3.71. The lowest BCUT2D eigenvalue weighted by Crippen LogP contribution is -2.43. The van der Waals surface area contributed by atoms with Crippen molar-refractivity contribution in [3.63, 3.8) is 0 Å². The van der Waals surface area contributed by atoms with Gasteiger partial charge in [-0.2, -0.15) is 0 Å². The number of aromatic nitrogens is 1. The molecule has 0 amide bonds. The third-order valence-electron chi connectivity index (χ3n) is 6.01. The van der Waals surface area contributed by atoms with E-state index in [1.54, 1.807) is 12.1 Å². The molecule has 8 heteroatoms. The first-order valence-corrected chi connectivity index (χ1v) is 11.9. The number of ether oxygens (including phenoxy) is 3. The monoisotopic (exact) mass is 487 g/mol. The Kier molecular flexibility index (Phi) is 6.81. The van der Waals surface area contributed by atoms with Crippen molar-refractivity contribution in [2.75, 3.05) is 44.3 Å². The fourth-order valence-corrected chi connectivity index (χ4v) is 4.89. The number of benzene rings is 2. The zero-order valence-corrected chi connectivity index (χ0v) is 19.8. The van der Waals surface area contributed by atoms with Crippen molar-refractivity contribution in [2.24, 2.45) is 0 Å². The molecule has 0 radical (unpaired) electrons. The second-order valence-electron chi connectivity index (χ2n) is 8.33. The summed E-state index contributed by atoms with van der Waals surface area (Å²) >= 11 is 12.7. The summed E-state index contributed by atoms with van der Waals surface area (Å²) in [4.78, 5) is 2.37. The molecule has 3 aromatic rings. The first-order valence-electron chi connectivity index (χ1n) is 11.2. The quantitative estimate of drug-likeness (QED) is 0.529. The van der Waals surface area contributed by atoms with E-state index >= 15 is 0 Å². The van der Waals surface area contributed by atoms with Crippen molar-refractivity contribution in [1.29, 1.82) is 0 Å². The Morgan fingerprint density at radius 3 is 2.52 bits per heavy atom. The van der Waals surface area contributed by atoms with Crippen LogP contribution in [0.1, 0.15) is 5.56 Å². The molecule has 6 nitrogen and oxygen atoms in total. The molecule has 0 bridgehead atoms. The van der Waals surface area contributed by atoms with E-state index in [-0.39, 0.29) is 6.10 Å². The lowest BCUT2D eigenvalue weighted by atomic mass is 10.1. The van der Waals surface area contributed by atoms with Crippen molar-refractivity contribution in [2.45, 2.75) is 18.4 Å². The lowest BCUT2D eigenvalue weighted by molar-refractivity contribution is -0.189. The SMILES string of the molecule is Clc1ccc(C2(Cn3cccc3)OCC(COc3ccc(N4CCNCC4)cc3)O2)c(Cl)c1. The Morgan fingerprint density at radius 2 is 1.79 bits per heavy atom. The molecule has 2 unspecified atom stereocenters. The highest BCUT2D eigenvalue weighted by atomic mass is 35.5. The summed E-state index contributed by atoms with van der Waals surface area (Å²) in [7, 11) is 0. The molecule has 2 aliphatic heterocycles. The van der Waals surface area contributed by atoms with E-state index < -0.39 is 5.79 Å². The summed E-state index contributed by atoms with van der Waals surface area (Å²) in [6.45, 7) is 5.32. The van der Waals surface area contributed by atoms with Crippen LogP contribution in [0.15, 0.2) is 67.0 Å². The number of piperazine rings is 1. The van der Waals surface area contributed by atoms with Crippen LogP contribution < -0.4 is 15.0 Å². The van der Waals surface area contributed by atoms with Crippen LogP contribution >= 0.6 is 23.2 Å². The second kappa shape index (κ2) is 9.95. The molecule has 1 N–H and O–H groups in total. The highest BCUT2D eigenvalue weighted by Gasteiger charge is 2.45. The number of nitrogens with zero attached hydrogens (tertiary/aromatic N) is 2. The van der Waals surface area contributed by atoms with Gasteiger partial charge in [0.05, 0.1) is 18.2 Å². The molecular weight excluding hydrogens is 461 g/mol. The fraction of sp³-hybridized carbons (Fsp3) is 0.360. The van der Waals surface area contributed by atoms with Gasteiger partial charge in [0.2, 0.25) is 5.79 Å². The van der Waals surface area contributed by atoms with E-state index in [9.17, 15) is 0 Å². The van der Waals surface area contributed by atoms with Crippen molar-refractivity contribution in [3.8, 4) is 5.75 Å². The summed E-state index contributed by atoms with van der Waals surface area (Å²) < 4.78 is 20.8. The second-order valence-corrected chi connectivity index (χ2v) is 9.17. The molecule has 2 atom stereocenters. The number of nitrogens with one attached hydrogen (secondary N) is 1. The normalized spacial score (nSPS) is 23.1. The molecule has 2 aromatic carbocycles. The molecule has 0 aliphatic carbocycles. The Bertz CT molecular complexity index is 1060. The molecule has 3 heterocycles. The summed E-state index contributed by atoms with van der Waals surface area (Å²) in [5.41, 5.74) is 1.97. The summed E-state index contributed by atoms with van der Waals surface area (Å²) in [5.74, 6) is -0.203. The zero-order chi connectivity index (χ0) is 22.7. The molecule has 2 saturated heterocycles. The number of hydrogen-bond acceptors (Lipinski definition) is 5. The average molecular weight is 488 g/mol. The number of hydrogen-bond donors (Lipinski definition) is 1. The first kappa shape index (κ1) is 22.6. The van der Waals surface area contributed by atoms with E-state index in [1.807, 2.05) is 47.3 Å². The Hall–Kier alpha value is -2.22. The van der Waals surface area contributed by atoms with Gasteiger partial charge in [0.15, 0.2) is 0 Å². The Balaban J connectivity index is 1.26. The molecule has 2 fully saturated rings. The third-order valence-corrected chi connectivity index (χ3v) is 6.56. The van der Waals surface area contributed by atoms with E-state index in [4.69, 9.17) is 37.4 Å². The Labute approximate surface area is 203 Å². The molecule has 2 aliphatic rings. The fourth-order valence-electron chi connectivity index (χ4n) is 4.34. The van der Waals surface area contributed by atoms with Gasteiger partial charge in [-0.15, -0.1) is 0 Å². The van der Waals surface area contributed by atoms with Crippen molar-refractivity contribution < 1.29 is 14.2 Å². The maximum Gasteiger partial charge on any atom is 0.215 e. The lowest BCUT2D eigenvalue weighted by Gasteiger charge is -2.30. The van der Waals surface area contributed by atoms with Crippen molar-refractivity contribution >= 4 is 28.9 Å². The molecule has 0 spiro atoms. The van der Waals surface area contributed by atoms with Gasteiger partial charge in [-0.3, -0.25) is 0 Å². The van der Waals surface area contributed by atoms with Gasteiger partial charge in [-0.1, -0.05) is 29.3 Å². The summed E-state index contributed by atoms with van der Waals surface area (Å²) in [5, 5.41) is 4.46. The minimum Gasteiger partial charge on any atom is -0.491 e. The zero-order valence-electron chi connectivity index (χ0n) is 18.3. The smallest absolute Gasteiger partial charge is 0.215 e. The van der Waals surface area contributed by atoms with Crippen LogP contribution in [0.4, 0.5) is 5.69 Å². The van der Waals surface area contributed by atoms with Crippen LogP contribution in [0.5, 0.6) is 5.75 Å². The maximum atomic E-state index is 6.55. The van der Waals surface area contributed by atoms with E-state index in [1.165, 1.54) is 5.69 Å². The van der Waals surface area contributed by atoms with Gasteiger partial charge in [0, 0.05) is 54.8 Å². The van der Waals surface area contributed by atoms with Crippen LogP contribution in [0.3, 0.4) is 0 Å². The molecule has 0 saturated carbocycles. The van der Waals surface area contributed by atoms with Gasteiger partial charge in [0.1, 0.15) is 18.5 Å². The van der Waals surface area contributed by atoms with Gasteiger partial charge < -0.3 is 29.0 Å². The largest absolute Gasteiger partial charge is 0.491 e. The van der Waals surface area contributed by atoms with Gasteiger partial charge in [-0.05, 0) is 48.5 Å². The van der Waals surface area contributed by atoms with Gasteiger partial charge >= 0.3 is 0 Å². The standard InChI is InChI=1S/C25H27Cl2N3O3/c26-19-3-8-23(24(27)15-19)25(18-29-11-1-2-12-29)32-17-22(33-25)16-31-21-6-4-20(5-7-21)30-13-9-28-10-14-30/h1-8,11-12,15,22,28H,9-10,13-14,16-18H2. The van der Waals surface area contributed by atoms with Crippen molar-refractivity contribution in [3.05, 3.63) is 82.6 Å². The van der Waals surface area contributed by atoms with Crippen LogP contribution in [0, 0.1) is 0 Å². The molecule has 174 valence electrons. The minimum absolute atomic E-state index is 0.236. The van der Waals surface area contributed by atoms with E-state index in [2.05, 4.69) is 22.3 Å². The van der Waals surface area contributed by atoms with E-state index in [0.717, 1.165) is 37.5 Å². The molecule has 5 rings (SSSR count). The number of halogens is 2. The van der Waals surface area contributed by atoms with Crippen LogP contribution in [-0.4, -0.2) is 50.1 Å². The molecule has 33 heavy (non-hydrogen) atoms. The molecule has 1 aromatic heterocycles. The van der Waals surface area contributed by atoms with Crippen molar-refractivity contribution in [1.82, 2.24) is 9.88 Å². The minimum atomic E-state index is -1.01. The molecular formula is C25H27Cl2N3O3. The maximum absolute atomic E-state index is 6.55. The van der Waals surface area contributed by atoms with Gasteiger partial charge in [0.25, 0.3) is 0 Å². The summed E-state index contributed by atoms with van der Waals surface area (Å²) in [6, 6.07) is 17.6. The van der Waals surface area contributed by atoms with Crippen LogP contribution in [0.25, 0.3) is 0 Å². The van der Waals surface area contributed by atoms with Crippen LogP contribution in [0.2, 0.25) is 10.0 Å². The topological polar surface area (TPSA) is 47.9 Å². The van der Waals surface area contributed by atoms with E-state index in [0.29, 0.717) is 29.8 Å². The van der Waals surface area contributed by atoms with Crippen LogP contribution in [-0.2, 0) is 21.8 Å². The average Bonchev–Trinajstić information content (AvgIpc) is 3.49. The number of anilines is 1. The predicted octanol–water partition coefficient (Wildman–Crippen LogP) is 4.55. The Morgan fingerprint density at radius 1 is 1.03 bits per heavy atom.